The largest absolute Gasteiger partial charge is 0.368 e. The summed E-state index contributed by atoms with van der Waals surface area (Å²) in [6.45, 7) is 1.88. The highest BCUT2D eigenvalue weighted by Gasteiger charge is 2.23. The maximum absolute atomic E-state index is 8.92. The molecule has 3 N–H and O–H groups in total. The van der Waals surface area contributed by atoms with E-state index in [1.807, 2.05) is 6.92 Å². The van der Waals surface area contributed by atoms with Crippen LogP contribution in [0, 0.1) is 0 Å². The molecular formula is C6H13NO2. The van der Waals surface area contributed by atoms with Crippen molar-refractivity contribution in [2.75, 3.05) is 0 Å². The summed E-state index contributed by atoms with van der Waals surface area (Å²) in [6, 6.07) is 0.105. The Morgan fingerprint density at radius 1 is 1.56 bits per heavy atom. The zero-order valence-electron chi connectivity index (χ0n) is 5.58. The molecule has 0 radical (unpaired) electrons. The van der Waals surface area contributed by atoms with E-state index in [0.29, 0.717) is 6.42 Å². The zero-order chi connectivity index (χ0) is 6.85. The molecule has 3 heteroatoms. The van der Waals surface area contributed by atoms with E-state index in [-0.39, 0.29) is 12.1 Å². The van der Waals surface area contributed by atoms with Crippen molar-refractivity contribution < 1.29 is 9.84 Å². The van der Waals surface area contributed by atoms with Gasteiger partial charge < -0.3 is 15.6 Å². The van der Waals surface area contributed by atoms with E-state index in [2.05, 4.69) is 0 Å². The fourth-order valence-corrected chi connectivity index (χ4v) is 0.986. The number of hydrogen-bond acceptors (Lipinski definition) is 3. The quantitative estimate of drug-likeness (QED) is 0.480. The minimum absolute atomic E-state index is 0.00810. The second-order valence-corrected chi connectivity index (χ2v) is 2.54. The molecule has 0 bridgehead atoms. The molecule has 0 saturated carbocycles. The minimum atomic E-state index is -0.584. The van der Waals surface area contributed by atoms with Crippen LogP contribution < -0.4 is 5.73 Å². The number of nitrogens with two attached hydrogens (primary N) is 1. The number of hydrogen-bond donors (Lipinski definition) is 2. The van der Waals surface area contributed by atoms with Gasteiger partial charge in [0, 0.05) is 6.04 Å². The molecule has 0 aromatic rings. The lowest BCUT2D eigenvalue weighted by Crippen LogP contribution is -2.42. The van der Waals surface area contributed by atoms with Crippen molar-refractivity contribution in [3.63, 3.8) is 0 Å². The van der Waals surface area contributed by atoms with Crippen molar-refractivity contribution in [3.8, 4) is 0 Å². The van der Waals surface area contributed by atoms with Crippen molar-refractivity contribution in [2.24, 2.45) is 5.73 Å². The van der Waals surface area contributed by atoms with Crippen molar-refractivity contribution in [2.45, 2.75) is 38.2 Å². The minimum Gasteiger partial charge on any atom is -0.368 e. The molecule has 9 heavy (non-hydrogen) atoms. The first-order valence-electron chi connectivity index (χ1n) is 3.29. The summed E-state index contributed by atoms with van der Waals surface area (Å²) >= 11 is 0. The highest BCUT2D eigenvalue weighted by atomic mass is 16.6. The first-order valence-corrected chi connectivity index (χ1v) is 3.29. The molecule has 1 aliphatic heterocycles. The van der Waals surface area contributed by atoms with Crippen LogP contribution in [0.1, 0.15) is 19.8 Å². The lowest BCUT2D eigenvalue weighted by molar-refractivity contribution is -0.162. The van der Waals surface area contributed by atoms with Gasteiger partial charge in [0.1, 0.15) is 0 Å². The third-order valence-corrected chi connectivity index (χ3v) is 1.72. The summed E-state index contributed by atoms with van der Waals surface area (Å²) in [5.74, 6) is 0. The summed E-state index contributed by atoms with van der Waals surface area (Å²) < 4.78 is 5.03. The molecule has 0 aromatic carbocycles. The molecule has 1 saturated heterocycles. The second kappa shape index (κ2) is 2.64. The second-order valence-electron chi connectivity index (χ2n) is 2.54. The van der Waals surface area contributed by atoms with Gasteiger partial charge in [0.15, 0.2) is 6.29 Å². The highest BCUT2D eigenvalue weighted by molar-refractivity contribution is 4.74. The van der Waals surface area contributed by atoms with Gasteiger partial charge in [-0.1, -0.05) is 0 Å². The standard InChI is InChI=1S/C6H13NO2/c1-4-5(7)2-3-6(8)9-4/h4-6,8H,2-3,7H2,1H3/t4-,5+,6+/m0/s1. The summed E-state index contributed by atoms with van der Waals surface area (Å²) in [7, 11) is 0. The Hall–Kier alpha value is -0.120. The third kappa shape index (κ3) is 1.64. The molecular weight excluding hydrogens is 118 g/mol. The Kier molecular flexibility index (Phi) is 2.05. The van der Waals surface area contributed by atoms with E-state index in [1.165, 1.54) is 0 Å². The molecule has 0 aromatic heterocycles. The first kappa shape index (κ1) is 6.99. The average Bonchev–Trinajstić information content (AvgIpc) is 1.80. The van der Waals surface area contributed by atoms with E-state index in [0.717, 1.165) is 6.42 Å². The molecule has 0 amide bonds. The summed E-state index contributed by atoms with van der Waals surface area (Å²) in [4.78, 5) is 0. The van der Waals surface area contributed by atoms with Crippen LogP contribution in [0.15, 0.2) is 0 Å². The third-order valence-electron chi connectivity index (χ3n) is 1.72. The predicted octanol–water partition coefficient (Wildman–Crippen LogP) is -0.169. The van der Waals surface area contributed by atoms with Gasteiger partial charge in [-0.2, -0.15) is 0 Å². The monoisotopic (exact) mass is 131 g/mol. The van der Waals surface area contributed by atoms with E-state index in [4.69, 9.17) is 15.6 Å². The van der Waals surface area contributed by atoms with Gasteiger partial charge in [0.2, 0.25) is 0 Å². The van der Waals surface area contributed by atoms with Crippen LogP contribution in [0.3, 0.4) is 0 Å². The highest BCUT2D eigenvalue weighted by Crippen LogP contribution is 2.15. The molecule has 54 valence electrons. The molecule has 1 aliphatic rings. The van der Waals surface area contributed by atoms with E-state index in [9.17, 15) is 0 Å². The molecule has 0 aliphatic carbocycles. The lowest BCUT2D eigenvalue weighted by atomic mass is 10.0. The Morgan fingerprint density at radius 3 is 2.67 bits per heavy atom. The van der Waals surface area contributed by atoms with Gasteiger partial charge in [-0.25, -0.2) is 0 Å². The van der Waals surface area contributed by atoms with Gasteiger partial charge >= 0.3 is 0 Å². The average molecular weight is 131 g/mol. The van der Waals surface area contributed by atoms with Crippen LogP contribution in [0.2, 0.25) is 0 Å². The Bertz CT molecular complexity index is 97.1. The van der Waals surface area contributed by atoms with E-state index < -0.39 is 6.29 Å². The molecule has 3 atom stereocenters. The molecule has 1 rings (SSSR count). The predicted molar refractivity (Wildman–Crippen MR) is 33.8 cm³/mol. The van der Waals surface area contributed by atoms with Gasteiger partial charge in [0.05, 0.1) is 6.10 Å². The van der Waals surface area contributed by atoms with Crippen molar-refractivity contribution in [1.82, 2.24) is 0 Å². The Labute approximate surface area is 54.8 Å². The van der Waals surface area contributed by atoms with E-state index in [1.54, 1.807) is 0 Å². The molecule has 1 heterocycles. The maximum Gasteiger partial charge on any atom is 0.155 e. The van der Waals surface area contributed by atoms with Crippen LogP contribution in [0.25, 0.3) is 0 Å². The summed E-state index contributed by atoms with van der Waals surface area (Å²) in [5, 5.41) is 8.92. The lowest BCUT2D eigenvalue weighted by Gasteiger charge is -2.29. The Balaban J connectivity index is 2.35. The number of rotatable bonds is 0. The topological polar surface area (TPSA) is 55.5 Å². The summed E-state index contributed by atoms with van der Waals surface area (Å²) in [6.07, 6.45) is 0.960. The molecule has 1 fully saturated rings. The summed E-state index contributed by atoms with van der Waals surface area (Å²) in [5.41, 5.74) is 5.60. The van der Waals surface area contributed by atoms with Gasteiger partial charge in [-0.3, -0.25) is 0 Å². The van der Waals surface area contributed by atoms with Crippen molar-refractivity contribution >= 4 is 0 Å². The first-order chi connectivity index (χ1) is 4.20. The van der Waals surface area contributed by atoms with Crippen molar-refractivity contribution in [1.29, 1.82) is 0 Å². The maximum atomic E-state index is 8.92. The molecule has 0 unspecified atom stereocenters. The van der Waals surface area contributed by atoms with Gasteiger partial charge in [-0.05, 0) is 19.8 Å². The van der Waals surface area contributed by atoms with Crippen LogP contribution >= 0.6 is 0 Å². The van der Waals surface area contributed by atoms with Gasteiger partial charge in [0.25, 0.3) is 0 Å². The fraction of sp³-hybridized carbons (Fsp3) is 1.00. The SMILES string of the molecule is C[C@@H]1O[C@@H](O)CC[C@H]1N. The number of ether oxygens (including phenoxy) is 1. The number of aliphatic hydroxyl groups excluding tert-OH is 1. The molecule has 3 nitrogen and oxygen atoms in total. The fourth-order valence-electron chi connectivity index (χ4n) is 0.986. The zero-order valence-corrected chi connectivity index (χ0v) is 5.58. The van der Waals surface area contributed by atoms with Crippen molar-refractivity contribution in [3.05, 3.63) is 0 Å². The normalized spacial score (nSPS) is 45.0. The Morgan fingerprint density at radius 2 is 2.22 bits per heavy atom. The van der Waals surface area contributed by atoms with Crippen LogP contribution in [-0.2, 0) is 4.74 Å². The van der Waals surface area contributed by atoms with Crippen LogP contribution in [-0.4, -0.2) is 23.5 Å². The van der Waals surface area contributed by atoms with Gasteiger partial charge in [-0.15, -0.1) is 0 Å². The van der Waals surface area contributed by atoms with Crippen LogP contribution in [0.4, 0.5) is 0 Å². The number of aliphatic hydroxyl groups is 1. The smallest absolute Gasteiger partial charge is 0.155 e. The molecule has 0 spiro atoms. The van der Waals surface area contributed by atoms with Crippen LogP contribution in [0.5, 0.6) is 0 Å². The van der Waals surface area contributed by atoms with E-state index >= 15 is 0 Å².